The molecule has 2 nitrogen and oxygen atoms in total. The van der Waals surface area contributed by atoms with Crippen molar-refractivity contribution in [3.8, 4) is 0 Å². The van der Waals surface area contributed by atoms with Crippen LogP contribution in [0.2, 0.25) is 0 Å². The number of carbonyl (C=O) groups is 1. The first-order valence-corrected chi connectivity index (χ1v) is 5.56. The maximum atomic E-state index is 11.5. The Morgan fingerprint density at radius 1 is 1.43 bits per heavy atom. The number of rotatable bonds is 5. The van der Waals surface area contributed by atoms with E-state index in [2.05, 4.69) is 20.8 Å². The van der Waals surface area contributed by atoms with Crippen LogP contribution in [0.4, 0.5) is 0 Å². The summed E-state index contributed by atoms with van der Waals surface area (Å²) in [6.07, 6.45) is 8.45. The molecule has 0 aromatic carbocycles. The molecule has 0 fully saturated rings. The van der Waals surface area contributed by atoms with Gasteiger partial charge < -0.3 is 4.90 Å². The highest BCUT2D eigenvalue weighted by molar-refractivity contribution is 5.90. The molecule has 1 rings (SSSR count). The van der Waals surface area contributed by atoms with Crippen LogP contribution in [0, 0.1) is 0 Å². The second kappa shape index (κ2) is 4.63. The van der Waals surface area contributed by atoms with Gasteiger partial charge in [0.05, 0.1) is 0 Å². The van der Waals surface area contributed by atoms with Crippen LogP contribution >= 0.6 is 0 Å². The highest BCUT2D eigenvalue weighted by atomic mass is 16.2. The first-order chi connectivity index (χ1) is 6.58. The van der Waals surface area contributed by atoms with Gasteiger partial charge in [-0.1, -0.05) is 32.3 Å². The molecule has 0 N–H and O–H groups in total. The maximum absolute atomic E-state index is 11.5. The van der Waals surface area contributed by atoms with Gasteiger partial charge in [0.1, 0.15) is 0 Å². The molecule has 0 bridgehead atoms. The first kappa shape index (κ1) is 11.3. The van der Waals surface area contributed by atoms with Gasteiger partial charge in [0, 0.05) is 18.2 Å². The predicted molar refractivity (Wildman–Crippen MR) is 59.1 cm³/mol. The molecule has 1 amide bonds. The SMILES string of the molecule is CCCCCC(C)(C)N1CC=CC1=O. The lowest BCUT2D eigenvalue weighted by Crippen LogP contribution is -2.44. The Bertz CT molecular complexity index is 230. The summed E-state index contributed by atoms with van der Waals surface area (Å²) in [5.74, 6) is 0.173. The molecule has 0 aromatic rings. The lowest BCUT2D eigenvalue weighted by Gasteiger charge is -2.35. The number of hydrogen-bond acceptors (Lipinski definition) is 1. The normalized spacial score (nSPS) is 16.8. The van der Waals surface area contributed by atoms with Gasteiger partial charge in [0.2, 0.25) is 5.91 Å². The molecule has 2 heteroatoms. The zero-order chi connectivity index (χ0) is 10.6. The Balaban J connectivity index is 2.44. The molecule has 0 atom stereocenters. The number of carbonyl (C=O) groups excluding carboxylic acids is 1. The molecule has 0 spiro atoms. The van der Waals surface area contributed by atoms with E-state index in [0.29, 0.717) is 0 Å². The molecule has 1 heterocycles. The van der Waals surface area contributed by atoms with Crippen LogP contribution in [0.3, 0.4) is 0 Å². The van der Waals surface area contributed by atoms with Gasteiger partial charge in [-0.25, -0.2) is 0 Å². The van der Waals surface area contributed by atoms with Crippen molar-refractivity contribution in [1.29, 1.82) is 0 Å². The highest BCUT2D eigenvalue weighted by Crippen LogP contribution is 2.24. The number of amides is 1. The maximum Gasteiger partial charge on any atom is 0.247 e. The van der Waals surface area contributed by atoms with Crippen LogP contribution in [-0.2, 0) is 4.79 Å². The van der Waals surface area contributed by atoms with Crippen LogP contribution in [-0.4, -0.2) is 22.9 Å². The highest BCUT2D eigenvalue weighted by Gasteiger charge is 2.30. The van der Waals surface area contributed by atoms with Crippen LogP contribution < -0.4 is 0 Å². The lowest BCUT2D eigenvalue weighted by molar-refractivity contribution is -0.129. The monoisotopic (exact) mass is 195 g/mol. The number of hydrogen-bond donors (Lipinski definition) is 0. The van der Waals surface area contributed by atoms with Gasteiger partial charge in [-0.15, -0.1) is 0 Å². The lowest BCUT2D eigenvalue weighted by atomic mass is 9.95. The van der Waals surface area contributed by atoms with Gasteiger partial charge >= 0.3 is 0 Å². The second-order valence-corrected chi connectivity index (χ2v) is 4.62. The van der Waals surface area contributed by atoms with Gasteiger partial charge in [0.25, 0.3) is 0 Å². The standard InChI is InChI=1S/C12H21NO/c1-4-5-6-9-12(2,3)13-10-7-8-11(13)14/h7-8H,4-6,9-10H2,1-3H3. The number of unbranched alkanes of at least 4 members (excludes halogenated alkanes) is 2. The van der Waals surface area contributed by atoms with Gasteiger partial charge in [-0.3, -0.25) is 4.79 Å². The van der Waals surface area contributed by atoms with Crippen molar-refractivity contribution in [2.45, 2.75) is 52.0 Å². The minimum Gasteiger partial charge on any atom is -0.330 e. The van der Waals surface area contributed by atoms with E-state index in [4.69, 9.17) is 0 Å². The number of nitrogens with zero attached hydrogens (tertiary/aromatic N) is 1. The zero-order valence-corrected chi connectivity index (χ0v) is 9.55. The Morgan fingerprint density at radius 3 is 2.64 bits per heavy atom. The Labute approximate surface area is 87.0 Å². The van der Waals surface area contributed by atoms with Crippen molar-refractivity contribution in [3.05, 3.63) is 12.2 Å². The van der Waals surface area contributed by atoms with E-state index in [0.717, 1.165) is 13.0 Å². The van der Waals surface area contributed by atoms with Gasteiger partial charge in [0.15, 0.2) is 0 Å². The van der Waals surface area contributed by atoms with Crippen LogP contribution in [0.1, 0.15) is 46.5 Å². The fourth-order valence-electron chi connectivity index (χ4n) is 1.93. The summed E-state index contributed by atoms with van der Waals surface area (Å²) in [7, 11) is 0. The van der Waals surface area contributed by atoms with E-state index in [1.54, 1.807) is 6.08 Å². The fraction of sp³-hybridized carbons (Fsp3) is 0.750. The minimum absolute atomic E-state index is 0.0236. The van der Waals surface area contributed by atoms with E-state index in [-0.39, 0.29) is 11.4 Å². The Kier molecular flexibility index (Phi) is 3.73. The largest absolute Gasteiger partial charge is 0.330 e. The quantitative estimate of drug-likeness (QED) is 0.618. The average molecular weight is 195 g/mol. The smallest absolute Gasteiger partial charge is 0.247 e. The Hall–Kier alpha value is -0.790. The molecule has 0 aromatic heterocycles. The van der Waals surface area contributed by atoms with E-state index < -0.39 is 0 Å². The zero-order valence-electron chi connectivity index (χ0n) is 9.55. The minimum atomic E-state index is 0.0236. The van der Waals surface area contributed by atoms with Crippen molar-refractivity contribution in [1.82, 2.24) is 4.90 Å². The molecular weight excluding hydrogens is 174 g/mol. The molecule has 0 aliphatic carbocycles. The summed E-state index contributed by atoms with van der Waals surface area (Å²) in [4.78, 5) is 13.5. The second-order valence-electron chi connectivity index (χ2n) is 4.62. The average Bonchev–Trinajstić information content (AvgIpc) is 2.52. The third kappa shape index (κ3) is 2.60. The molecule has 1 aliphatic heterocycles. The van der Waals surface area contributed by atoms with Crippen molar-refractivity contribution in [2.75, 3.05) is 6.54 Å². The van der Waals surface area contributed by atoms with Crippen LogP contribution in [0.25, 0.3) is 0 Å². The van der Waals surface area contributed by atoms with Crippen molar-refractivity contribution in [2.24, 2.45) is 0 Å². The van der Waals surface area contributed by atoms with E-state index in [1.807, 2.05) is 11.0 Å². The fourth-order valence-corrected chi connectivity index (χ4v) is 1.93. The summed E-state index contributed by atoms with van der Waals surface area (Å²) in [6, 6.07) is 0. The molecule has 14 heavy (non-hydrogen) atoms. The van der Waals surface area contributed by atoms with Crippen molar-refractivity contribution >= 4 is 5.91 Å². The summed E-state index contributed by atoms with van der Waals surface area (Å²) in [6.45, 7) is 7.31. The van der Waals surface area contributed by atoms with Gasteiger partial charge in [-0.2, -0.15) is 0 Å². The summed E-state index contributed by atoms with van der Waals surface area (Å²) in [5.41, 5.74) is 0.0236. The summed E-state index contributed by atoms with van der Waals surface area (Å²) in [5, 5.41) is 0. The Morgan fingerprint density at radius 2 is 2.14 bits per heavy atom. The van der Waals surface area contributed by atoms with E-state index in [9.17, 15) is 4.79 Å². The van der Waals surface area contributed by atoms with Crippen LogP contribution in [0.5, 0.6) is 0 Å². The van der Waals surface area contributed by atoms with Gasteiger partial charge in [-0.05, 0) is 20.3 Å². The third-order valence-electron chi connectivity index (χ3n) is 2.94. The molecule has 80 valence electrons. The predicted octanol–water partition coefficient (Wildman–Crippen LogP) is 2.74. The molecule has 0 unspecified atom stereocenters. The molecule has 0 saturated carbocycles. The van der Waals surface area contributed by atoms with E-state index in [1.165, 1.54) is 19.3 Å². The first-order valence-electron chi connectivity index (χ1n) is 5.56. The summed E-state index contributed by atoms with van der Waals surface area (Å²) >= 11 is 0. The molecule has 1 aliphatic rings. The summed E-state index contributed by atoms with van der Waals surface area (Å²) < 4.78 is 0. The van der Waals surface area contributed by atoms with Crippen LogP contribution in [0.15, 0.2) is 12.2 Å². The molecule has 0 saturated heterocycles. The molecule has 0 radical (unpaired) electrons. The van der Waals surface area contributed by atoms with E-state index >= 15 is 0 Å². The van der Waals surface area contributed by atoms with Crippen molar-refractivity contribution in [3.63, 3.8) is 0 Å². The third-order valence-corrected chi connectivity index (χ3v) is 2.94. The molecular formula is C12H21NO. The van der Waals surface area contributed by atoms with Crippen molar-refractivity contribution < 1.29 is 4.79 Å². The topological polar surface area (TPSA) is 20.3 Å².